The molecule has 1 aromatic rings. The number of nitrogens with one attached hydrogen (secondary N) is 1. The molecule has 0 bridgehead atoms. The largest absolute Gasteiger partial charge is 0.379 e. The third kappa shape index (κ3) is 2.75. The molecule has 1 fully saturated rings. The highest BCUT2D eigenvalue weighted by Gasteiger charge is 2.18. The van der Waals surface area contributed by atoms with E-state index in [0.717, 1.165) is 12.1 Å². The van der Waals surface area contributed by atoms with Crippen LogP contribution in [-0.2, 0) is 0 Å². The highest BCUT2D eigenvalue weighted by atomic mass is 16.6. The van der Waals surface area contributed by atoms with Crippen LogP contribution < -0.4 is 5.32 Å². The first-order valence-corrected chi connectivity index (χ1v) is 6.16. The lowest BCUT2D eigenvalue weighted by Crippen LogP contribution is -2.12. The third-order valence-corrected chi connectivity index (χ3v) is 3.49. The monoisotopic (exact) mass is 234 g/mol. The number of hydrogen-bond acceptors (Lipinski definition) is 3. The Balaban J connectivity index is 2.10. The molecule has 0 amide bonds. The van der Waals surface area contributed by atoms with Crippen molar-refractivity contribution in [3.05, 3.63) is 33.9 Å². The summed E-state index contributed by atoms with van der Waals surface area (Å²) in [5.74, 6) is 0.675. The van der Waals surface area contributed by atoms with Gasteiger partial charge in [-0.05, 0) is 31.2 Å². The van der Waals surface area contributed by atoms with E-state index in [0.29, 0.717) is 11.6 Å². The molecule has 0 radical (unpaired) electrons. The number of aryl methyl sites for hydroxylation is 1. The van der Waals surface area contributed by atoms with E-state index < -0.39 is 0 Å². The van der Waals surface area contributed by atoms with Crippen molar-refractivity contribution in [3.8, 4) is 0 Å². The van der Waals surface area contributed by atoms with Crippen LogP contribution in [0.25, 0.3) is 0 Å². The van der Waals surface area contributed by atoms with Crippen LogP contribution in [0.1, 0.15) is 31.2 Å². The molecule has 1 aliphatic carbocycles. The van der Waals surface area contributed by atoms with Crippen molar-refractivity contribution in [2.75, 3.05) is 11.9 Å². The molecule has 0 aliphatic heterocycles. The predicted octanol–water partition coefficient (Wildman–Crippen LogP) is 3.51. The zero-order chi connectivity index (χ0) is 12.3. The molecule has 0 atom stereocenters. The molecule has 0 spiro atoms. The van der Waals surface area contributed by atoms with E-state index in [1.54, 1.807) is 12.1 Å². The summed E-state index contributed by atoms with van der Waals surface area (Å²) < 4.78 is 0. The lowest BCUT2D eigenvalue weighted by Gasteiger charge is -2.13. The standard InChI is InChI=1S/C13H18N2O2/c1-10-5-4-8-12(15(16)17)13(10)14-9-11-6-2-3-7-11/h4-5,8,11,14H,2-3,6-7,9H2,1H3. The topological polar surface area (TPSA) is 55.2 Å². The van der Waals surface area contributed by atoms with Crippen molar-refractivity contribution in [2.45, 2.75) is 32.6 Å². The fourth-order valence-corrected chi connectivity index (χ4v) is 2.50. The van der Waals surface area contributed by atoms with Gasteiger partial charge in [0.25, 0.3) is 5.69 Å². The van der Waals surface area contributed by atoms with Crippen molar-refractivity contribution in [1.82, 2.24) is 0 Å². The Morgan fingerprint density at radius 2 is 2.12 bits per heavy atom. The molecule has 1 aliphatic rings. The van der Waals surface area contributed by atoms with Gasteiger partial charge in [-0.3, -0.25) is 10.1 Å². The van der Waals surface area contributed by atoms with Crippen molar-refractivity contribution < 1.29 is 4.92 Å². The molecule has 4 heteroatoms. The quantitative estimate of drug-likeness (QED) is 0.640. The van der Waals surface area contributed by atoms with E-state index in [1.165, 1.54) is 25.7 Å². The van der Waals surface area contributed by atoms with Crippen molar-refractivity contribution in [2.24, 2.45) is 5.92 Å². The van der Waals surface area contributed by atoms with Gasteiger partial charge >= 0.3 is 0 Å². The van der Waals surface area contributed by atoms with Crippen molar-refractivity contribution >= 4 is 11.4 Å². The molecule has 0 saturated heterocycles. The van der Waals surface area contributed by atoms with Crippen LogP contribution in [0.3, 0.4) is 0 Å². The Morgan fingerprint density at radius 3 is 2.76 bits per heavy atom. The van der Waals surface area contributed by atoms with E-state index >= 15 is 0 Å². The second-order valence-electron chi connectivity index (χ2n) is 4.76. The molecular formula is C13H18N2O2. The minimum absolute atomic E-state index is 0.183. The zero-order valence-electron chi connectivity index (χ0n) is 10.1. The van der Waals surface area contributed by atoms with Crippen molar-refractivity contribution in [1.29, 1.82) is 0 Å². The van der Waals surface area contributed by atoms with E-state index in [9.17, 15) is 10.1 Å². The first kappa shape index (κ1) is 11.9. The number of para-hydroxylation sites is 1. The average Bonchev–Trinajstić information content (AvgIpc) is 2.80. The lowest BCUT2D eigenvalue weighted by atomic mass is 10.1. The summed E-state index contributed by atoms with van der Waals surface area (Å²) in [6.45, 7) is 2.76. The Kier molecular flexibility index (Phi) is 3.61. The van der Waals surface area contributed by atoms with Gasteiger partial charge < -0.3 is 5.32 Å². The summed E-state index contributed by atoms with van der Waals surface area (Å²) in [6, 6.07) is 5.20. The fourth-order valence-electron chi connectivity index (χ4n) is 2.50. The van der Waals surface area contributed by atoms with Crippen LogP contribution in [-0.4, -0.2) is 11.5 Å². The summed E-state index contributed by atoms with van der Waals surface area (Å²) in [5.41, 5.74) is 1.81. The summed E-state index contributed by atoms with van der Waals surface area (Å²) in [7, 11) is 0. The normalized spacial score (nSPS) is 16.1. The number of nitrogens with zero attached hydrogens (tertiary/aromatic N) is 1. The van der Waals surface area contributed by atoms with E-state index in [4.69, 9.17) is 0 Å². The van der Waals surface area contributed by atoms with Crippen LogP contribution in [0, 0.1) is 23.0 Å². The van der Waals surface area contributed by atoms with Gasteiger partial charge in [0, 0.05) is 12.6 Å². The van der Waals surface area contributed by atoms with Gasteiger partial charge in [-0.15, -0.1) is 0 Å². The Hall–Kier alpha value is -1.58. The van der Waals surface area contributed by atoms with Gasteiger partial charge in [-0.1, -0.05) is 25.0 Å². The molecule has 92 valence electrons. The number of nitro groups is 1. The summed E-state index contributed by atoms with van der Waals surface area (Å²) in [6.07, 6.45) is 5.07. The van der Waals surface area contributed by atoms with Gasteiger partial charge in [0.1, 0.15) is 5.69 Å². The molecule has 0 unspecified atom stereocenters. The maximum atomic E-state index is 10.9. The molecule has 4 nitrogen and oxygen atoms in total. The average molecular weight is 234 g/mol. The number of hydrogen-bond donors (Lipinski definition) is 1. The van der Waals surface area contributed by atoms with Gasteiger partial charge in [0.2, 0.25) is 0 Å². The molecule has 1 aromatic carbocycles. The van der Waals surface area contributed by atoms with Crippen LogP contribution in [0.5, 0.6) is 0 Å². The zero-order valence-corrected chi connectivity index (χ0v) is 10.1. The molecular weight excluding hydrogens is 216 g/mol. The minimum atomic E-state index is -0.315. The highest BCUT2D eigenvalue weighted by Crippen LogP contribution is 2.30. The predicted molar refractivity (Wildman–Crippen MR) is 68.3 cm³/mol. The maximum absolute atomic E-state index is 10.9. The number of rotatable bonds is 4. The number of nitro benzene ring substituents is 1. The first-order chi connectivity index (χ1) is 8.18. The summed E-state index contributed by atoms with van der Waals surface area (Å²) in [4.78, 5) is 10.6. The molecule has 17 heavy (non-hydrogen) atoms. The van der Waals surface area contributed by atoms with Crippen LogP contribution in [0.15, 0.2) is 18.2 Å². The molecule has 0 aromatic heterocycles. The van der Waals surface area contributed by atoms with Crippen molar-refractivity contribution in [3.63, 3.8) is 0 Å². The Labute approximate surface area is 101 Å². The lowest BCUT2D eigenvalue weighted by molar-refractivity contribution is -0.384. The van der Waals surface area contributed by atoms with E-state index in [2.05, 4.69) is 5.32 Å². The summed E-state index contributed by atoms with van der Waals surface area (Å²) in [5, 5.41) is 14.2. The fraction of sp³-hybridized carbons (Fsp3) is 0.538. The van der Waals surface area contributed by atoms with Gasteiger partial charge in [-0.2, -0.15) is 0 Å². The summed E-state index contributed by atoms with van der Waals surface area (Å²) >= 11 is 0. The van der Waals surface area contributed by atoms with Crippen LogP contribution in [0.4, 0.5) is 11.4 Å². The SMILES string of the molecule is Cc1cccc([N+](=O)[O-])c1NCC1CCCC1. The second kappa shape index (κ2) is 5.17. The number of anilines is 1. The maximum Gasteiger partial charge on any atom is 0.292 e. The van der Waals surface area contributed by atoms with E-state index in [-0.39, 0.29) is 10.6 Å². The first-order valence-electron chi connectivity index (χ1n) is 6.16. The smallest absolute Gasteiger partial charge is 0.292 e. The van der Waals surface area contributed by atoms with Crippen LogP contribution >= 0.6 is 0 Å². The molecule has 2 rings (SSSR count). The minimum Gasteiger partial charge on any atom is -0.379 e. The van der Waals surface area contributed by atoms with Gasteiger partial charge in [-0.25, -0.2) is 0 Å². The van der Waals surface area contributed by atoms with Crippen LogP contribution in [0.2, 0.25) is 0 Å². The molecule has 1 saturated carbocycles. The second-order valence-corrected chi connectivity index (χ2v) is 4.76. The highest BCUT2D eigenvalue weighted by molar-refractivity contribution is 5.65. The van der Waals surface area contributed by atoms with Gasteiger partial charge in [0.05, 0.1) is 4.92 Å². The Morgan fingerprint density at radius 1 is 1.41 bits per heavy atom. The molecule has 1 N–H and O–H groups in total. The Bertz CT molecular complexity index is 412. The number of benzene rings is 1. The molecule has 0 heterocycles. The van der Waals surface area contributed by atoms with Gasteiger partial charge in [0.15, 0.2) is 0 Å². The third-order valence-electron chi connectivity index (χ3n) is 3.49. The van der Waals surface area contributed by atoms with E-state index in [1.807, 2.05) is 13.0 Å².